The Labute approximate surface area is 204 Å². The number of rotatable bonds is 13. The minimum Gasteiger partial charge on any atom is -0.385 e. The van der Waals surface area contributed by atoms with Crippen LogP contribution in [-0.2, 0) is 9.53 Å². The van der Waals surface area contributed by atoms with Crippen LogP contribution in [0.3, 0.4) is 0 Å². The van der Waals surface area contributed by atoms with Gasteiger partial charge in [-0.2, -0.15) is 0 Å². The van der Waals surface area contributed by atoms with E-state index in [1.54, 1.807) is 13.2 Å². The summed E-state index contributed by atoms with van der Waals surface area (Å²) in [4.78, 5) is 8.81. The van der Waals surface area contributed by atoms with E-state index in [0.29, 0.717) is 0 Å². The zero-order valence-corrected chi connectivity index (χ0v) is 22.1. The van der Waals surface area contributed by atoms with E-state index < -0.39 is 0 Å². The number of carbonyl (C=O) groups is 1. The number of hydrogen-bond acceptors (Lipinski definition) is 2. The molecule has 0 radical (unpaired) electrons. The van der Waals surface area contributed by atoms with Gasteiger partial charge in [-0.25, -0.2) is 0 Å². The number of carbonyl (C=O) groups excluding carboxylic acids is 1. The van der Waals surface area contributed by atoms with Crippen molar-refractivity contribution in [3.8, 4) is 0 Å². The topological polar surface area (TPSA) is 26.3 Å². The summed E-state index contributed by atoms with van der Waals surface area (Å²) < 4.78 is 5.16. The van der Waals surface area contributed by atoms with Gasteiger partial charge in [0.05, 0.1) is 0 Å². The van der Waals surface area contributed by atoms with Gasteiger partial charge in [-0.15, -0.1) is 6.58 Å². The molecule has 0 N–H and O–H groups in total. The molecule has 2 heteroatoms. The second kappa shape index (κ2) is 22.2. The molecular weight excluding hydrogens is 404 g/mol. The summed E-state index contributed by atoms with van der Waals surface area (Å²) in [5.41, 5.74) is 7.81. The minimum atomic E-state index is 0.736. The van der Waals surface area contributed by atoms with Crippen molar-refractivity contribution in [2.75, 3.05) is 13.7 Å². The zero-order valence-electron chi connectivity index (χ0n) is 22.1. The van der Waals surface area contributed by atoms with Crippen LogP contribution in [0.25, 0.3) is 0 Å². The van der Waals surface area contributed by atoms with Gasteiger partial charge in [0.25, 0.3) is 0 Å². The van der Waals surface area contributed by atoms with Gasteiger partial charge >= 0.3 is 0 Å². The van der Waals surface area contributed by atoms with Gasteiger partial charge in [0.2, 0.25) is 0 Å². The molecule has 0 spiro atoms. The number of aldehydes is 1. The highest BCUT2D eigenvalue weighted by Crippen LogP contribution is 2.25. The first-order valence-corrected chi connectivity index (χ1v) is 11.1. The summed E-state index contributed by atoms with van der Waals surface area (Å²) in [5, 5.41) is 0. The lowest BCUT2D eigenvalue weighted by atomic mass is 9.93. The molecule has 0 amide bonds. The summed E-state index contributed by atoms with van der Waals surface area (Å²) in [6, 6.07) is 0. The van der Waals surface area contributed by atoms with Gasteiger partial charge in [-0.3, -0.25) is 0 Å². The molecule has 0 saturated carbocycles. The molecule has 0 fully saturated rings. The molecule has 0 saturated heterocycles. The molecule has 0 aliphatic carbocycles. The van der Waals surface area contributed by atoms with Crippen molar-refractivity contribution in [2.24, 2.45) is 0 Å². The molecule has 0 unspecified atom stereocenters. The van der Waals surface area contributed by atoms with Crippen molar-refractivity contribution in [3.05, 3.63) is 121 Å². The van der Waals surface area contributed by atoms with Crippen LogP contribution >= 0.6 is 0 Å². The van der Waals surface area contributed by atoms with Crippen molar-refractivity contribution in [1.82, 2.24) is 0 Å². The van der Waals surface area contributed by atoms with E-state index >= 15 is 0 Å². The van der Waals surface area contributed by atoms with E-state index in [1.165, 1.54) is 12.5 Å². The molecule has 0 aromatic carbocycles. The molecule has 0 heterocycles. The van der Waals surface area contributed by atoms with E-state index in [4.69, 9.17) is 9.53 Å². The molecule has 0 aromatic heterocycles. The monoisotopic (exact) mass is 450 g/mol. The highest BCUT2D eigenvalue weighted by atomic mass is 16.5. The number of methoxy groups -OCH3 is 1. The molecule has 0 aromatic rings. The molecule has 0 rings (SSSR count). The van der Waals surface area contributed by atoms with Gasteiger partial charge in [0.15, 0.2) is 0 Å². The molecule has 182 valence electrons. The lowest BCUT2D eigenvalue weighted by Gasteiger charge is -2.13. The van der Waals surface area contributed by atoms with Crippen molar-refractivity contribution in [3.63, 3.8) is 0 Å². The first-order valence-electron chi connectivity index (χ1n) is 11.1. The van der Waals surface area contributed by atoms with Crippen molar-refractivity contribution in [2.45, 2.75) is 53.9 Å². The normalized spacial score (nSPS) is 10.7. The lowest BCUT2D eigenvalue weighted by Crippen LogP contribution is -1.96. The van der Waals surface area contributed by atoms with Gasteiger partial charge < -0.3 is 9.53 Å². The second-order valence-electron chi connectivity index (χ2n) is 7.43. The van der Waals surface area contributed by atoms with E-state index in [2.05, 4.69) is 59.1 Å². The average molecular weight is 451 g/mol. The van der Waals surface area contributed by atoms with E-state index in [1.807, 2.05) is 39.0 Å². The maximum absolute atomic E-state index is 8.81. The quantitative estimate of drug-likeness (QED) is 0.121. The SMILES string of the molecule is C=C(C)/C=C\C(=C)C(=C)/C=C(/C)C(=C)C(=C)/C=C(/CCCOC)C(=C)CC.C=CC.CC=O. The second-order valence-corrected chi connectivity index (χ2v) is 7.43. The predicted molar refractivity (Wildman–Crippen MR) is 151 cm³/mol. The van der Waals surface area contributed by atoms with Crippen LogP contribution in [0.15, 0.2) is 121 Å². The third-order valence-electron chi connectivity index (χ3n) is 4.26. The van der Waals surface area contributed by atoms with Crippen LogP contribution < -0.4 is 0 Å². The molecule has 33 heavy (non-hydrogen) atoms. The van der Waals surface area contributed by atoms with Crippen LogP contribution in [0.4, 0.5) is 0 Å². The molecular formula is C31H46O2. The molecule has 0 bridgehead atoms. The molecule has 0 aliphatic heterocycles. The Bertz CT molecular complexity index is 789. The van der Waals surface area contributed by atoms with Gasteiger partial charge in [0, 0.05) is 13.7 Å². The van der Waals surface area contributed by atoms with Crippen LogP contribution in [0.2, 0.25) is 0 Å². The van der Waals surface area contributed by atoms with Crippen LogP contribution in [-0.4, -0.2) is 20.0 Å². The fourth-order valence-corrected chi connectivity index (χ4v) is 2.33. The van der Waals surface area contributed by atoms with Crippen molar-refractivity contribution >= 4 is 6.29 Å². The van der Waals surface area contributed by atoms with Crippen molar-refractivity contribution < 1.29 is 9.53 Å². The summed E-state index contributed by atoms with van der Waals surface area (Å²) in [5.74, 6) is 0. The Morgan fingerprint density at radius 1 is 0.879 bits per heavy atom. The minimum absolute atomic E-state index is 0.736. The fourth-order valence-electron chi connectivity index (χ4n) is 2.33. The average Bonchev–Trinajstić information content (AvgIpc) is 2.76. The van der Waals surface area contributed by atoms with Crippen LogP contribution in [0.5, 0.6) is 0 Å². The van der Waals surface area contributed by atoms with Crippen LogP contribution in [0, 0.1) is 0 Å². The predicted octanol–water partition coefficient (Wildman–Crippen LogP) is 9.01. The zero-order chi connectivity index (χ0) is 26.4. The Balaban J connectivity index is -0.00000134. The van der Waals surface area contributed by atoms with Gasteiger partial charge in [-0.1, -0.05) is 87.9 Å². The summed E-state index contributed by atoms with van der Waals surface area (Å²) >= 11 is 0. The molecule has 0 atom stereocenters. The number of hydrogen-bond donors (Lipinski definition) is 0. The first kappa shape index (κ1) is 34.6. The highest BCUT2D eigenvalue weighted by Gasteiger charge is 2.06. The summed E-state index contributed by atoms with van der Waals surface area (Å²) in [7, 11) is 1.72. The Morgan fingerprint density at radius 2 is 1.39 bits per heavy atom. The molecule has 2 nitrogen and oxygen atoms in total. The van der Waals surface area contributed by atoms with Gasteiger partial charge in [0.1, 0.15) is 6.29 Å². The van der Waals surface area contributed by atoms with Crippen molar-refractivity contribution in [1.29, 1.82) is 0 Å². The van der Waals surface area contributed by atoms with Gasteiger partial charge in [-0.05, 0) is 80.4 Å². The van der Waals surface area contributed by atoms with E-state index in [-0.39, 0.29) is 0 Å². The first-order chi connectivity index (χ1) is 15.5. The molecule has 0 aliphatic rings. The number of ether oxygens (including phenoxy) is 1. The Morgan fingerprint density at radius 3 is 1.82 bits per heavy atom. The summed E-state index contributed by atoms with van der Waals surface area (Å²) in [6.07, 6.45) is 13.2. The highest BCUT2D eigenvalue weighted by molar-refractivity contribution is 5.55. The van der Waals surface area contributed by atoms with Crippen LogP contribution in [0.1, 0.15) is 53.9 Å². The number of allylic oxidation sites excluding steroid dienone is 13. The van der Waals surface area contributed by atoms with E-state index in [0.717, 1.165) is 71.2 Å². The maximum atomic E-state index is 8.81. The third-order valence-corrected chi connectivity index (χ3v) is 4.26. The smallest absolute Gasteiger partial charge is 0.116 e. The summed E-state index contributed by atoms with van der Waals surface area (Å²) in [6.45, 7) is 38.1. The Hall–Kier alpha value is -2.97. The van der Waals surface area contributed by atoms with E-state index in [9.17, 15) is 0 Å². The Kier molecular flexibility index (Phi) is 23.3. The maximum Gasteiger partial charge on any atom is 0.116 e. The standard InChI is InChI=1S/C26H36O.C3H6.C2H4O/c1-11-20(4)26(13-12-16-27-10)18-24(8)25(9)23(7)17-22(6)21(5)15-14-19(2)3;1-3-2;1-2-3/h14-15,17-18H,2,4-6,8-9,11-13,16H2,1,3,7,10H3;3H,1H2,2H3;2H,1H3/b15-14-,23-17-,26-18-;;. The fraction of sp³-hybridized carbons (Fsp3) is 0.323. The third kappa shape index (κ3) is 19.4. The lowest BCUT2D eigenvalue weighted by molar-refractivity contribution is -0.106. The largest absolute Gasteiger partial charge is 0.385 e.